The molecule has 0 fully saturated rings. The van der Waals surface area contributed by atoms with Crippen molar-refractivity contribution in [2.45, 2.75) is 33.2 Å². The predicted octanol–water partition coefficient (Wildman–Crippen LogP) is 3.31. The van der Waals surface area contributed by atoms with E-state index in [0.717, 1.165) is 12.0 Å². The molecule has 2 nitrogen and oxygen atoms in total. The number of phenols is 1. The van der Waals surface area contributed by atoms with Crippen molar-refractivity contribution < 1.29 is 9.50 Å². The van der Waals surface area contributed by atoms with Crippen molar-refractivity contribution in [2.24, 2.45) is 11.7 Å². The first-order chi connectivity index (χ1) is 6.91. The van der Waals surface area contributed by atoms with Crippen LogP contribution in [0.15, 0.2) is 12.1 Å². The van der Waals surface area contributed by atoms with Gasteiger partial charge in [0.25, 0.3) is 0 Å². The molecule has 0 aliphatic rings. The number of phenolic OH excluding ortho intramolecular Hbond substituents is 1. The van der Waals surface area contributed by atoms with Crippen molar-refractivity contribution in [1.82, 2.24) is 0 Å². The molecule has 1 aromatic carbocycles. The van der Waals surface area contributed by atoms with E-state index < -0.39 is 5.82 Å². The molecule has 0 aromatic heterocycles. The summed E-state index contributed by atoms with van der Waals surface area (Å²) in [5, 5.41) is 9.55. The Kier molecular flexibility index (Phi) is 5.76. The molecule has 4 heteroatoms. The lowest BCUT2D eigenvalue weighted by Crippen LogP contribution is -2.13. The molecule has 0 saturated carbocycles. The summed E-state index contributed by atoms with van der Waals surface area (Å²) >= 11 is 0. The van der Waals surface area contributed by atoms with Crippen molar-refractivity contribution in [1.29, 1.82) is 0 Å². The van der Waals surface area contributed by atoms with Crippen molar-refractivity contribution >= 4 is 12.4 Å². The molecular weight excluding hydrogens is 229 g/mol. The largest absolute Gasteiger partial charge is 0.505 e. The molecule has 16 heavy (non-hydrogen) atoms. The number of aryl methyl sites for hydroxylation is 1. The van der Waals surface area contributed by atoms with E-state index in [1.807, 2.05) is 13.8 Å². The summed E-state index contributed by atoms with van der Waals surface area (Å²) < 4.78 is 13.2. The third-order valence-corrected chi connectivity index (χ3v) is 2.36. The standard InChI is InChI=1S/C12H18FNO.ClH/c1-7(2)4-11(14)9-5-8(3)6-10(13)12(9)15;/h5-7,11,15H,4,14H2,1-3H3;1H/t11-;/m1./s1. The van der Waals surface area contributed by atoms with Gasteiger partial charge in [0.15, 0.2) is 11.6 Å². The summed E-state index contributed by atoms with van der Waals surface area (Å²) in [4.78, 5) is 0. The fourth-order valence-electron chi connectivity index (χ4n) is 1.68. The van der Waals surface area contributed by atoms with E-state index in [1.54, 1.807) is 13.0 Å². The first kappa shape index (κ1) is 15.2. The fraction of sp³-hybridized carbons (Fsp3) is 0.500. The molecule has 0 saturated heterocycles. The zero-order chi connectivity index (χ0) is 11.6. The second kappa shape index (κ2) is 6.06. The molecule has 92 valence electrons. The number of benzene rings is 1. The van der Waals surface area contributed by atoms with E-state index in [0.29, 0.717) is 11.5 Å². The minimum atomic E-state index is -0.593. The van der Waals surface area contributed by atoms with E-state index in [1.165, 1.54) is 6.07 Å². The van der Waals surface area contributed by atoms with Crippen LogP contribution in [0.2, 0.25) is 0 Å². The number of aromatic hydroxyl groups is 1. The van der Waals surface area contributed by atoms with E-state index in [4.69, 9.17) is 5.73 Å². The molecule has 0 radical (unpaired) electrons. The average Bonchev–Trinajstić information content (AvgIpc) is 2.09. The Balaban J connectivity index is 0.00000225. The van der Waals surface area contributed by atoms with Gasteiger partial charge in [-0.1, -0.05) is 19.9 Å². The van der Waals surface area contributed by atoms with E-state index >= 15 is 0 Å². The second-order valence-corrected chi connectivity index (χ2v) is 4.42. The molecule has 0 aliphatic heterocycles. The van der Waals surface area contributed by atoms with Crippen LogP contribution in [0.25, 0.3) is 0 Å². The van der Waals surface area contributed by atoms with Crippen LogP contribution in [0.5, 0.6) is 5.75 Å². The fourth-order valence-corrected chi connectivity index (χ4v) is 1.68. The molecular formula is C12H19ClFNO. The van der Waals surface area contributed by atoms with E-state index in [-0.39, 0.29) is 24.2 Å². The zero-order valence-corrected chi connectivity index (χ0v) is 10.6. The highest BCUT2D eigenvalue weighted by Crippen LogP contribution is 2.30. The third kappa shape index (κ3) is 3.65. The van der Waals surface area contributed by atoms with Crippen molar-refractivity contribution in [2.75, 3.05) is 0 Å². The smallest absolute Gasteiger partial charge is 0.165 e. The molecule has 0 heterocycles. The van der Waals surface area contributed by atoms with Crippen LogP contribution >= 0.6 is 12.4 Å². The quantitative estimate of drug-likeness (QED) is 0.861. The predicted molar refractivity (Wildman–Crippen MR) is 66.4 cm³/mol. The molecule has 0 bridgehead atoms. The highest BCUT2D eigenvalue weighted by molar-refractivity contribution is 5.85. The molecule has 0 amide bonds. The Morgan fingerprint density at radius 3 is 2.44 bits per heavy atom. The van der Waals surface area contributed by atoms with Crippen molar-refractivity contribution in [3.63, 3.8) is 0 Å². The summed E-state index contributed by atoms with van der Waals surface area (Å²) in [5.41, 5.74) is 7.19. The van der Waals surface area contributed by atoms with Crippen LogP contribution in [0, 0.1) is 18.7 Å². The van der Waals surface area contributed by atoms with Gasteiger partial charge in [-0.15, -0.1) is 12.4 Å². The van der Waals surface area contributed by atoms with Gasteiger partial charge in [0.2, 0.25) is 0 Å². The van der Waals surface area contributed by atoms with Crippen molar-refractivity contribution in [3.8, 4) is 5.75 Å². The van der Waals surface area contributed by atoms with Gasteiger partial charge in [0.1, 0.15) is 0 Å². The monoisotopic (exact) mass is 247 g/mol. The molecule has 0 aliphatic carbocycles. The lowest BCUT2D eigenvalue weighted by atomic mass is 9.96. The number of rotatable bonds is 3. The minimum Gasteiger partial charge on any atom is -0.505 e. The SMILES string of the molecule is Cc1cc(F)c(O)c([C@H](N)CC(C)C)c1.Cl. The molecule has 3 N–H and O–H groups in total. The summed E-state index contributed by atoms with van der Waals surface area (Å²) in [6, 6.07) is 2.74. The van der Waals surface area contributed by atoms with Crippen LogP contribution in [0.1, 0.15) is 37.4 Å². The van der Waals surface area contributed by atoms with Crippen LogP contribution < -0.4 is 5.73 Å². The van der Waals surface area contributed by atoms with Gasteiger partial charge in [-0.2, -0.15) is 0 Å². The van der Waals surface area contributed by atoms with Gasteiger partial charge in [0, 0.05) is 11.6 Å². The number of nitrogens with two attached hydrogens (primary N) is 1. The second-order valence-electron chi connectivity index (χ2n) is 4.42. The first-order valence-electron chi connectivity index (χ1n) is 5.16. The Bertz CT molecular complexity index is 355. The summed E-state index contributed by atoms with van der Waals surface area (Å²) in [7, 11) is 0. The summed E-state index contributed by atoms with van der Waals surface area (Å²) in [6.45, 7) is 5.88. The molecule has 0 unspecified atom stereocenters. The first-order valence-corrected chi connectivity index (χ1v) is 5.16. The molecule has 1 rings (SSSR count). The average molecular weight is 248 g/mol. The van der Waals surface area contributed by atoms with Gasteiger partial charge in [-0.25, -0.2) is 4.39 Å². The minimum absolute atomic E-state index is 0. The van der Waals surface area contributed by atoms with Crippen LogP contribution in [0.3, 0.4) is 0 Å². The van der Waals surface area contributed by atoms with Crippen LogP contribution in [0.4, 0.5) is 4.39 Å². The lowest BCUT2D eigenvalue weighted by Gasteiger charge is -2.16. The highest BCUT2D eigenvalue weighted by atomic mass is 35.5. The Hall–Kier alpha value is -0.800. The summed E-state index contributed by atoms with van der Waals surface area (Å²) in [6.07, 6.45) is 0.733. The molecule has 1 aromatic rings. The maximum Gasteiger partial charge on any atom is 0.165 e. The van der Waals surface area contributed by atoms with E-state index in [9.17, 15) is 9.50 Å². The Labute approximate surface area is 102 Å². The van der Waals surface area contributed by atoms with Gasteiger partial charge >= 0.3 is 0 Å². The molecule has 1 atom stereocenters. The normalized spacial score (nSPS) is 12.4. The van der Waals surface area contributed by atoms with Crippen LogP contribution in [-0.4, -0.2) is 5.11 Å². The van der Waals surface area contributed by atoms with Gasteiger partial charge in [-0.3, -0.25) is 0 Å². The van der Waals surface area contributed by atoms with Gasteiger partial charge in [-0.05, 0) is 30.9 Å². The van der Waals surface area contributed by atoms with Gasteiger partial charge in [0.05, 0.1) is 0 Å². The maximum absolute atomic E-state index is 13.2. The number of hydrogen-bond acceptors (Lipinski definition) is 2. The topological polar surface area (TPSA) is 46.2 Å². The van der Waals surface area contributed by atoms with Crippen LogP contribution in [-0.2, 0) is 0 Å². The Morgan fingerprint density at radius 2 is 1.94 bits per heavy atom. The highest BCUT2D eigenvalue weighted by Gasteiger charge is 2.16. The maximum atomic E-state index is 13.2. The number of halogens is 2. The zero-order valence-electron chi connectivity index (χ0n) is 9.83. The van der Waals surface area contributed by atoms with Gasteiger partial charge < -0.3 is 10.8 Å². The lowest BCUT2D eigenvalue weighted by molar-refractivity contribution is 0.411. The third-order valence-electron chi connectivity index (χ3n) is 2.36. The number of hydrogen-bond donors (Lipinski definition) is 2. The molecule has 0 spiro atoms. The van der Waals surface area contributed by atoms with Crippen molar-refractivity contribution in [3.05, 3.63) is 29.1 Å². The van der Waals surface area contributed by atoms with E-state index in [2.05, 4.69) is 0 Å². The Morgan fingerprint density at radius 1 is 1.38 bits per heavy atom. The summed E-state index contributed by atoms with van der Waals surface area (Å²) in [5.74, 6) is -0.485.